The summed E-state index contributed by atoms with van der Waals surface area (Å²) >= 11 is 0. The van der Waals surface area contributed by atoms with Crippen molar-refractivity contribution >= 4 is 0 Å². The number of nitrogens with zero attached hydrogens (tertiary/aromatic N) is 2. The van der Waals surface area contributed by atoms with Crippen molar-refractivity contribution in [1.82, 2.24) is 4.90 Å². The van der Waals surface area contributed by atoms with Crippen LogP contribution in [0.25, 0.3) is 0 Å². The van der Waals surface area contributed by atoms with E-state index < -0.39 is 0 Å². The maximum Gasteiger partial charge on any atom is 0.161 e. The first-order valence-corrected chi connectivity index (χ1v) is 11.6. The smallest absolute Gasteiger partial charge is 0.161 e. The van der Waals surface area contributed by atoms with Crippen molar-refractivity contribution in [2.24, 2.45) is 5.92 Å². The van der Waals surface area contributed by atoms with Crippen LogP contribution in [-0.2, 0) is 15.9 Å². The Morgan fingerprint density at radius 3 is 2.61 bits per heavy atom. The molecule has 6 heteroatoms. The Bertz CT molecular complexity index is 809. The number of nitriles is 1. The molecule has 3 atom stereocenters. The summed E-state index contributed by atoms with van der Waals surface area (Å²) in [6, 6.07) is 6.98. The van der Waals surface area contributed by atoms with E-state index in [1.165, 1.54) is 11.1 Å². The lowest BCUT2D eigenvalue weighted by atomic mass is 9.85. The second kappa shape index (κ2) is 9.36. The monoisotopic (exact) mass is 428 g/mol. The average molecular weight is 429 g/mol. The Balaban J connectivity index is 1.38. The van der Waals surface area contributed by atoms with Crippen LogP contribution in [0.2, 0.25) is 0 Å². The molecular weight excluding hydrogens is 392 g/mol. The van der Waals surface area contributed by atoms with Gasteiger partial charge in [0.15, 0.2) is 11.5 Å². The van der Waals surface area contributed by atoms with E-state index in [-0.39, 0.29) is 11.7 Å². The Labute approximate surface area is 186 Å². The molecule has 4 rings (SSSR count). The third kappa shape index (κ3) is 5.52. The molecule has 0 spiro atoms. The Morgan fingerprint density at radius 1 is 1.13 bits per heavy atom. The summed E-state index contributed by atoms with van der Waals surface area (Å²) in [4.78, 5) is 2.57. The van der Waals surface area contributed by atoms with Crippen molar-refractivity contribution in [2.45, 2.75) is 76.7 Å². The van der Waals surface area contributed by atoms with Crippen LogP contribution in [-0.4, -0.2) is 56.1 Å². The lowest BCUT2D eigenvalue weighted by molar-refractivity contribution is -0.0971. The standard InChI is InChI=1S/C25H36N2O4/c1-25(2,3)31-19-7-8-21-20-14-22(28-4)23(13-18(20)9-10-27(21)16-19)29-11-12-30-24(15-26)17-5-6-17/h13-14,17,19,21,24H,5-12,16H2,1-4H3. The molecule has 1 saturated heterocycles. The van der Waals surface area contributed by atoms with Crippen LogP contribution in [0.1, 0.15) is 63.6 Å². The number of benzene rings is 1. The number of piperidine rings is 1. The van der Waals surface area contributed by atoms with Gasteiger partial charge >= 0.3 is 0 Å². The second-order valence-electron chi connectivity index (χ2n) is 10.00. The maximum absolute atomic E-state index is 9.19. The number of fused-ring (bicyclic) bond motifs is 3. The van der Waals surface area contributed by atoms with Crippen LogP contribution in [0.3, 0.4) is 0 Å². The highest BCUT2D eigenvalue weighted by molar-refractivity contribution is 5.49. The molecule has 2 heterocycles. The zero-order valence-corrected chi connectivity index (χ0v) is 19.4. The summed E-state index contributed by atoms with van der Waals surface area (Å²) < 4.78 is 23.6. The summed E-state index contributed by atoms with van der Waals surface area (Å²) in [5.41, 5.74) is 2.61. The SMILES string of the molecule is COc1cc2c(cc1OCCOC(C#N)C1CC1)CCN1CC(OC(C)(C)C)CCC21. The van der Waals surface area contributed by atoms with Crippen molar-refractivity contribution in [3.05, 3.63) is 23.3 Å². The fourth-order valence-corrected chi connectivity index (χ4v) is 4.89. The molecule has 2 fully saturated rings. The largest absolute Gasteiger partial charge is 0.493 e. The van der Waals surface area contributed by atoms with E-state index in [1.807, 2.05) is 0 Å². The number of hydrogen-bond donors (Lipinski definition) is 0. The van der Waals surface area contributed by atoms with Crippen LogP contribution >= 0.6 is 0 Å². The first-order chi connectivity index (χ1) is 14.9. The minimum Gasteiger partial charge on any atom is -0.493 e. The van der Waals surface area contributed by atoms with Gasteiger partial charge in [-0.05, 0) is 82.1 Å². The molecule has 6 nitrogen and oxygen atoms in total. The Hall–Kier alpha value is -1.81. The normalized spacial score (nSPS) is 24.6. The van der Waals surface area contributed by atoms with Gasteiger partial charge < -0.3 is 18.9 Å². The van der Waals surface area contributed by atoms with Crippen LogP contribution in [0.4, 0.5) is 0 Å². The zero-order chi connectivity index (χ0) is 22.0. The fourth-order valence-electron chi connectivity index (χ4n) is 4.89. The van der Waals surface area contributed by atoms with Gasteiger partial charge in [-0.15, -0.1) is 0 Å². The van der Waals surface area contributed by atoms with Crippen molar-refractivity contribution in [1.29, 1.82) is 5.26 Å². The van der Waals surface area contributed by atoms with Crippen LogP contribution in [0.15, 0.2) is 12.1 Å². The first kappa shape index (κ1) is 22.4. The Morgan fingerprint density at radius 2 is 1.94 bits per heavy atom. The van der Waals surface area contributed by atoms with Crippen LogP contribution in [0, 0.1) is 17.2 Å². The van der Waals surface area contributed by atoms with Gasteiger partial charge in [0.05, 0.1) is 31.5 Å². The van der Waals surface area contributed by atoms with Gasteiger partial charge in [-0.3, -0.25) is 4.90 Å². The molecule has 170 valence electrons. The molecule has 0 aromatic heterocycles. The van der Waals surface area contributed by atoms with E-state index in [0.717, 1.165) is 56.7 Å². The molecule has 1 saturated carbocycles. The van der Waals surface area contributed by atoms with Gasteiger partial charge in [0, 0.05) is 19.1 Å². The number of ether oxygens (including phenoxy) is 4. The number of hydrogen-bond acceptors (Lipinski definition) is 6. The minimum atomic E-state index is -0.294. The van der Waals surface area contributed by atoms with Gasteiger partial charge in [-0.2, -0.15) is 5.26 Å². The molecule has 0 N–H and O–H groups in total. The highest BCUT2D eigenvalue weighted by atomic mass is 16.5. The fraction of sp³-hybridized carbons (Fsp3) is 0.720. The minimum absolute atomic E-state index is 0.101. The van der Waals surface area contributed by atoms with Crippen LogP contribution < -0.4 is 9.47 Å². The molecule has 31 heavy (non-hydrogen) atoms. The summed E-state index contributed by atoms with van der Waals surface area (Å²) in [5.74, 6) is 1.95. The van der Waals surface area contributed by atoms with E-state index in [9.17, 15) is 5.26 Å². The van der Waals surface area contributed by atoms with E-state index in [2.05, 4.69) is 43.9 Å². The second-order valence-corrected chi connectivity index (χ2v) is 10.00. The molecule has 3 unspecified atom stereocenters. The molecule has 1 aromatic carbocycles. The predicted octanol–water partition coefficient (Wildman–Crippen LogP) is 4.27. The van der Waals surface area contributed by atoms with Gasteiger partial charge in [0.1, 0.15) is 12.7 Å². The zero-order valence-electron chi connectivity index (χ0n) is 19.4. The molecule has 1 aromatic rings. The lowest BCUT2D eigenvalue weighted by Crippen LogP contribution is -2.47. The Kier molecular flexibility index (Phi) is 6.76. The van der Waals surface area contributed by atoms with Gasteiger partial charge in [0.2, 0.25) is 0 Å². The lowest BCUT2D eigenvalue weighted by Gasteiger charge is -2.44. The molecule has 1 aliphatic carbocycles. The van der Waals surface area contributed by atoms with Crippen molar-refractivity contribution in [3.8, 4) is 17.6 Å². The van der Waals surface area contributed by atoms with Gasteiger partial charge in [-0.1, -0.05) is 0 Å². The summed E-state index contributed by atoms with van der Waals surface area (Å²) in [7, 11) is 1.69. The van der Waals surface area contributed by atoms with Gasteiger partial charge in [-0.25, -0.2) is 0 Å². The number of rotatable bonds is 8. The molecule has 2 aliphatic heterocycles. The summed E-state index contributed by atoms with van der Waals surface area (Å²) in [5, 5.41) is 9.19. The molecule has 0 radical (unpaired) electrons. The summed E-state index contributed by atoms with van der Waals surface area (Å²) in [6.07, 6.45) is 5.38. The highest BCUT2D eigenvalue weighted by Gasteiger charge is 2.36. The molecular formula is C25H36N2O4. The van der Waals surface area contributed by atoms with Crippen molar-refractivity contribution in [2.75, 3.05) is 33.4 Å². The van der Waals surface area contributed by atoms with E-state index >= 15 is 0 Å². The van der Waals surface area contributed by atoms with Gasteiger partial charge in [0.25, 0.3) is 0 Å². The quantitative estimate of drug-likeness (QED) is 0.576. The van der Waals surface area contributed by atoms with E-state index in [0.29, 0.717) is 31.3 Å². The number of methoxy groups -OCH3 is 1. The summed E-state index contributed by atoms with van der Waals surface area (Å²) in [6.45, 7) is 9.27. The third-order valence-corrected chi connectivity index (χ3v) is 6.43. The molecule has 0 amide bonds. The van der Waals surface area contributed by atoms with Crippen LogP contribution in [0.5, 0.6) is 11.5 Å². The van der Waals surface area contributed by atoms with E-state index in [4.69, 9.17) is 18.9 Å². The maximum atomic E-state index is 9.19. The third-order valence-electron chi connectivity index (χ3n) is 6.43. The average Bonchev–Trinajstić information content (AvgIpc) is 3.57. The van der Waals surface area contributed by atoms with E-state index in [1.54, 1.807) is 7.11 Å². The molecule has 0 bridgehead atoms. The first-order valence-electron chi connectivity index (χ1n) is 11.6. The van der Waals surface area contributed by atoms with Crippen molar-refractivity contribution < 1.29 is 18.9 Å². The molecule has 3 aliphatic rings. The highest BCUT2D eigenvalue weighted by Crippen LogP contribution is 2.42. The van der Waals surface area contributed by atoms with Crippen molar-refractivity contribution in [3.63, 3.8) is 0 Å². The predicted molar refractivity (Wildman–Crippen MR) is 118 cm³/mol. The topological polar surface area (TPSA) is 64.0 Å².